The third-order valence-corrected chi connectivity index (χ3v) is 4.26. The predicted octanol–water partition coefficient (Wildman–Crippen LogP) is 0.405. The van der Waals surface area contributed by atoms with Gasteiger partial charge < -0.3 is 20.8 Å². The minimum atomic E-state index is -1.25. The third-order valence-electron chi connectivity index (χ3n) is 2.94. The minimum Gasteiger partial charge on any atom is -0.480 e. The van der Waals surface area contributed by atoms with Crippen molar-refractivity contribution in [3.8, 4) is 0 Å². The lowest BCUT2D eigenvalue weighted by Crippen LogP contribution is -2.51. The van der Waals surface area contributed by atoms with E-state index >= 15 is 0 Å². The summed E-state index contributed by atoms with van der Waals surface area (Å²) in [4.78, 5) is 22.3. The fourth-order valence-corrected chi connectivity index (χ4v) is 3.26. The molecule has 1 fully saturated rings. The highest BCUT2D eigenvalue weighted by molar-refractivity contribution is 7.99. The zero-order valence-electron chi connectivity index (χ0n) is 10.4. The lowest BCUT2D eigenvalue weighted by atomic mass is 10.2. The first kappa shape index (κ1) is 15.1. The third kappa shape index (κ3) is 4.38. The van der Waals surface area contributed by atoms with Crippen LogP contribution in [0.5, 0.6) is 0 Å². The van der Waals surface area contributed by atoms with E-state index in [1.165, 1.54) is 0 Å². The Labute approximate surface area is 111 Å². The van der Waals surface area contributed by atoms with Gasteiger partial charge in [-0.15, -0.1) is 0 Å². The quantitative estimate of drug-likeness (QED) is 0.563. The second kappa shape index (κ2) is 7.48. The molecular weight excluding hydrogens is 256 g/mol. The van der Waals surface area contributed by atoms with Crippen molar-refractivity contribution in [2.45, 2.75) is 43.5 Å². The molecule has 6 nitrogen and oxygen atoms in total. The van der Waals surface area contributed by atoms with Crippen molar-refractivity contribution < 1.29 is 19.8 Å². The fraction of sp³-hybridized carbons (Fsp3) is 0.818. The van der Waals surface area contributed by atoms with E-state index in [1.54, 1.807) is 0 Å². The van der Waals surface area contributed by atoms with E-state index < -0.39 is 24.6 Å². The van der Waals surface area contributed by atoms with Crippen molar-refractivity contribution in [3.63, 3.8) is 0 Å². The molecule has 0 aromatic rings. The number of carboxylic acid groups (broad SMARTS) is 1. The van der Waals surface area contributed by atoms with Gasteiger partial charge in [-0.25, -0.2) is 9.59 Å². The van der Waals surface area contributed by atoms with Crippen molar-refractivity contribution in [1.29, 1.82) is 0 Å². The highest BCUT2D eigenvalue weighted by Gasteiger charge is 2.29. The first-order valence-electron chi connectivity index (χ1n) is 6.10. The number of hydrogen-bond acceptors (Lipinski definition) is 4. The average Bonchev–Trinajstić information content (AvgIpc) is 2.73. The number of aliphatic carboxylic acids is 1. The number of thioether (sulfide) groups is 1. The van der Waals surface area contributed by atoms with Crippen LogP contribution < -0.4 is 10.6 Å². The predicted molar refractivity (Wildman–Crippen MR) is 69.7 cm³/mol. The van der Waals surface area contributed by atoms with Crippen molar-refractivity contribution in [1.82, 2.24) is 10.6 Å². The number of carbonyl (C=O) groups excluding carboxylic acids is 1. The number of urea groups is 1. The summed E-state index contributed by atoms with van der Waals surface area (Å²) in [7, 11) is 0. The van der Waals surface area contributed by atoms with Gasteiger partial charge in [-0.3, -0.25) is 0 Å². The molecule has 0 aromatic heterocycles. The molecule has 1 saturated carbocycles. The van der Waals surface area contributed by atoms with Gasteiger partial charge >= 0.3 is 12.0 Å². The lowest BCUT2D eigenvalue weighted by Gasteiger charge is -2.21. The van der Waals surface area contributed by atoms with Crippen LogP contribution >= 0.6 is 11.8 Å². The Morgan fingerprint density at radius 1 is 1.44 bits per heavy atom. The topological polar surface area (TPSA) is 98.7 Å². The maximum atomic E-state index is 11.6. The van der Waals surface area contributed by atoms with E-state index in [4.69, 9.17) is 10.2 Å². The Balaban J connectivity index is 2.41. The Kier molecular flexibility index (Phi) is 6.28. The van der Waals surface area contributed by atoms with E-state index in [0.29, 0.717) is 5.25 Å². The van der Waals surface area contributed by atoms with Gasteiger partial charge in [0.2, 0.25) is 0 Å². The molecule has 0 radical (unpaired) electrons. The van der Waals surface area contributed by atoms with Crippen LogP contribution in [0.1, 0.15) is 26.2 Å². The molecule has 0 saturated heterocycles. The summed E-state index contributed by atoms with van der Waals surface area (Å²) in [6, 6.07) is -1.68. The van der Waals surface area contributed by atoms with E-state index in [9.17, 15) is 9.59 Å². The zero-order chi connectivity index (χ0) is 13.5. The normalized spacial score (nSPS) is 24.6. The van der Waals surface area contributed by atoms with Gasteiger partial charge in [0, 0.05) is 11.3 Å². The Hall–Kier alpha value is -0.950. The second-order valence-corrected chi connectivity index (χ2v) is 5.74. The summed E-state index contributed by atoms with van der Waals surface area (Å²) < 4.78 is 0. The van der Waals surface area contributed by atoms with Crippen molar-refractivity contribution >= 4 is 23.8 Å². The highest BCUT2D eigenvalue weighted by Crippen LogP contribution is 2.29. The summed E-state index contributed by atoms with van der Waals surface area (Å²) >= 11 is 1.81. The molecule has 3 atom stereocenters. The molecule has 4 N–H and O–H groups in total. The van der Waals surface area contributed by atoms with Gasteiger partial charge in [0.05, 0.1) is 6.61 Å². The molecule has 1 aliphatic rings. The lowest BCUT2D eigenvalue weighted by molar-refractivity contribution is -0.140. The van der Waals surface area contributed by atoms with Crippen LogP contribution in [0.3, 0.4) is 0 Å². The maximum Gasteiger partial charge on any atom is 0.328 e. The molecule has 0 spiro atoms. The summed E-state index contributed by atoms with van der Waals surface area (Å²) in [6.07, 6.45) is 3.07. The van der Waals surface area contributed by atoms with Crippen LogP contribution in [0.15, 0.2) is 0 Å². The van der Waals surface area contributed by atoms with Crippen LogP contribution in [0, 0.1) is 0 Å². The number of amides is 2. The second-order valence-electron chi connectivity index (χ2n) is 4.22. The molecule has 1 aliphatic carbocycles. The van der Waals surface area contributed by atoms with Crippen LogP contribution in [0.4, 0.5) is 4.79 Å². The van der Waals surface area contributed by atoms with E-state index in [1.807, 2.05) is 11.8 Å². The Bertz CT molecular complexity index is 301. The molecule has 0 aromatic carbocycles. The number of aliphatic hydroxyl groups is 1. The largest absolute Gasteiger partial charge is 0.480 e. The molecule has 0 bridgehead atoms. The number of hydrogen-bond donors (Lipinski definition) is 4. The zero-order valence-corrected chi connectivity index (χ0v) is 11.2. The van der Waals surface area contributed by atoms with Gasteiger partial charge in [-0.1, -0.05) is 13.3 Å². The summed E-state index contributed by atoms with van der Waals surface area (Å²) in [5.74, 6) is -0.239. The SMILES string of the molecule is CCSC1CCCC1NC(=O)N[C@H](CO)C(=O)O. The molecule has 7 heteroatoms. The Morgan fingerprint density at radius 2 is 2.17 bits per heavy atom. The van der Waals surface area contributed by atoms with Crippen LogP contribution in [0.25, 0.3) is 0 Å². The summed E-state index contributed by atoms with van der Waals surface area (Å²) in [6.45, 7) is 1.47. The van der Waals surface area contributed by atoms with Crippen molar-refractivity contribution in [3.05, 3.63) is 0 Å². The number of nitrogens with one attached hydrogen (secondary N) is 2. The van der Waals surface area contributed by atoms with Gasteiger partial charge in [0.1, 0.15) is 0 Å². The smallest absolute Gasteiger partial charge is 0.328 e. The van der Waals surface area contributed by atoms with Gasteiger partial charge in [0.25, 0.3) is 0 Å². The molecule has 2 amide bonds. The average molecular weight is 276 g/mol. The first-order valence-corrected chi connectivity index (χ1v) is 7.15. The monoisotopic (exact) mass is 276 g/mol. The molecule has 0 heterocycles. The molecular formula is C11H20N2O4S. The van der Waals surface area contributed by atoms with E-state index in [-0.39, 0.29) is 6.04 Å². The number of carboxylic acids is 1. The van der Waals surface area contributed by atoms with Gasteiger partial charge in [-0.05, 0) is 18.6 Å². The van der Waals surface area contributed by atoms with Crippen LogP contribution in [0.2, 0.25) is 0 Å². The van der Waals surface area contributed by atoms with E-state index in [2.05, 4.69) is 17.6 Å². The van der Waals surface area contributed by atoms with Crippen LogP contribution in [-0.4, -0.2) is 51.9 Å². The Morgan fingerprint density at radius 3 is 2.72 bits per heavy atom. The number of rotatable bonds is 6. The molecule has 0 aliphatic heterocycles. The van der Waals surface area contributed by atoms with Gasteiger partial charge in [0.15, 0.2) is 6.04 Å². The van der Waals surface area contributed by atoms with Crippen LogP contribution in [-0.2, 0) is 4.79 Å². The summed E-state index contributed by atoms with van der Waals surface area (Å²) in [5.41, 5.74) is 0. The minimum absolute atomic E-state index is 0.0862. The van der Waals surface area contributed by atoms with E-state index in [0.717, 1.165) is 25.0 Å². The van der Waals surface area contributed by atoms with Gasteiger partial charge in [-0.2, -0.15) is 11.8 Å². The number of aliphatic hydroxyl groups excluding tert-OH is 1. The fourth-order valence-electron chi connectivity index (χ4n) is 2.06. The summed E-state index contributed by atoms with van der Waals surface area (Å²) in [5, 5.41) is 23.0. The molecule has 2 unspecified atom stereocenters. The molecule has 1 rings (SSSR count). The standard InChI is InChI=1S/C11H20N2O4S/c1-2-18-9-5-3-4-7(9)12-11(17)13-8(6-14)10(15)16/h7-9,14H,2-6H2,1H3,(H,15,16)(H2,12,13,17)/t7?,8-,9?/m1/s1. The molecule has 104 valence electrons. The highest BCUT2D eigenvalue weighted by atomic mass is 32.2. The number of carbonyl (C=O) groups is 2. The first-order chi connectivity index (χ1) is 8.58. The maximum absolute atomic E-state index is 11.6. The van der Waals surface area contributed by atoms with Crippen molar-refractivity contribution in [2.24, 2.45) is 0 Å². The van der Waals surface area contributed by atoms with Crippen molar-refractivity contribution in [2.75, 3.05) is 12.4 Å². The molecule has 18 heavy (non-hydrogen) atoms.